The Balaban J connectivity index is 2.28. The van der Waals surface area contributed by atoms with Gasteiger partial charge in [0.05, 0.1) is 5.02 Å². The number of halogens is 2. The van der Waals surface area contributed by atoms with Crippen molar-refractivity contribution in [1.82, 2.24) is 4.90 Å². The van der Waals surface area contributed by atoms with Gasteiger partial charge in [-0.2, -0.15) is 0 Å². The standard InChI is InChI=1S/C16H20ClFN2S/c1-11(2)20(10-13-4-3-7-21-13)16(9-19)12-5-6-14(17)15(18)8-12/h3-8,11,16H,9-10,19H2,1-2H3. The average molecular weight is 327 g/mol. The van der Waals surface area contributed by atoms with Crippen molar-refractivity contribution >= 4 is 22.9 Å². The number of benzene rings is 1. The molecule has 0 spiro atoms. The van der Waals surface area contributed by atoms with Crippen molar-refractivity contribution in [2.24, 2.45) is 5.73 Å². The van der Waals surface area contributed by atoms with Gasteiger partial charge in [-0.05, 0) is 43.0 Å². The molecule has 1 atom stereocenters. The van der Waals surface area contributed by atoms with Gasteiger partial charge in [0.15, 0.2) is 0 Å². The summed E-state index contributed by atoms with van der Waals surface area (Å²) < 4.78 is 13.7. The minimum atomic E-state index is -0.396. The quantitative estimate of drug-likeness (QED) is 0.849. The maximum Gasteiger partial charge on any atom is 0.142 e. The molecule has 1 unspecified atom stereocenters. The van der Waals surface area contributed by atoms with E-state index in [2.05, 4.69) is 30.2 Å². The highest BCUT2D eigenvalue weighted by atomic mass is 35.5. The smallest absolute Gasteiger partial charge is 0.142 e. The van der Waals surface area contributed by atoms with E-state index in [1.165, 1.54) is 10.9 Å². The fraction of sp³-hybridized carbons (Fsp3) is 0.375. The summed E-state index contributed by atoms with van der Waals surface area (Å²) in [5.41, 5.74) is 6.83. The van der Waals surface area contributed by atoms with E-state index in [1.54, 1.807) is 17.4 Å². The molecule has 0 aliphatic carbocycles. The van der Waals surface area contributed by atoms with Crippen molar-refractivity contribution in [2.75, 3.05) is 6.54 Å². The summed E-state index contributed by atoms with van der Waals surface area (Å²) >= 11 is 7.49. The summed E-state index contributed by atoms with van der Waals surface area (Å²) in [4.78, 5) is 3.56. The van der Waals surface area contributed by atoms with Crippen LogP contribution in [0.2, 0.25) is 5.02 Å². The molecule has 0 aliphatic heterocycles. The first-order valence-corrected chi connectivity index (χ1v) is 8.21. The largest absolute Gasteiger partial charge is 0.329 e. The zero-order valence-electron chi connectivity index (χ0n) is 12.2. The van der Waals surface area contributed by atoms with E-state index in [9.17, 15) is 4.39 Å². The fourth-order valence-electron chi connectivity index (χ4n) is 2.42. The van der Waals surface area contributed by atoms with Gasteiger partial charge in [-0.15, -0.1) is 11.3 Å². The van der Waals surface area contributed by atoms with Crippen LogP contribution in [0.25, 0.3) is 0 Å². The summed E-state index contributed by atoms with van der Waals surface area (Å²) in [6.07, 6.45) is 0. The third kappa shape index (κ3) is 4.04. The minimum absolute atomic E-state index is 0.0288. The van der Waals surface area contributed by atoms with Crippen molar-refractivity contribution in [1.29, 1.82) is 0 Å². The second-order valence-electron chi connectivity index (χ2n) is 5.27. The van der Waals surface area contributed by atoms with Gasteiger partial charge in [-0.1, -0.05) is 23.7 Å². The maximum absolute atomic E-state index is 13.7. The van der Waals surface area contributed by atoms with Crippen molar-refractivity contribution in [3.05, 3.63) is 57.0 Å². The lowest BCUT2D eigenvalue weighted by molar-refractivity contribution is 0.149. The predicted molar refractivity (Wildman–Crippen MR) is 88.2 cm³/mol. The second-order valence-corrected chi connectivity index (χ2v) is 6.71. The summed E-state index contributed by atoms with van der Waals surface area (Å²) in [7, 11) is 0. The van der Waals surface area contributed by atoms with Crippen LogP contribution in [0, 0.1) is 5.82 Å². The topological polar surface area (TPSA) is 29.3 Å². The lowest BCUT2D eigenvalue weighted by Crippen LogP contribution is -2.38. The summed E-state index contributed by atoms with van der Waals surface area (Å²) in [5.74, 6) is -0.396. The third-order valence-corrected chi connectivity index (χ3v) is 4.70. The lowest BCUT2D eigenvalue weighted by Gasteiger charge is -2.34. The Hall–Kier alpha value is -0.940. The van der Waals surface area contributed by atoms with Crippen LogP contribution in [0.1, 0.15) is 30.3 Å². The molecule has 0 fully saturated rings. The Morgan fingerprint density at radius 2 is 2.10 bits per heavy atom. The number of rotatable bonds is 6. The molecular formula is C16H20ClFN2S. The Kier molecular flexibility index (Phi) is 5.76. The number of thiophene rings is 1. The first-order chi connectivity index (χ1) is 10.0. The summed E-state index contributed by atoms with van der Waals surface area (Å²) in [6, 6.07) is 9.36. The minimum Gasteiger partial charge on any atom is -0.329 e. The van der Waals surface area contributed by atoms with Gasteiger partial charge in [0.2, 0.25) is 0 Å². The highest BCUT2D eigenvalue weighted by Crippen LogP contribution is 2.28. The summed E-state index contributed by atoms with van der Waals surface area (Å²) in [6.45, 7) is 5.50. The first kappa shape index (κ1) is 16.4. The Morgan fingerprint density at radius 3 is 2.62 bits per heavy atom. The predicted octanol–water partition coefficient (Wildman–Crippen LogP) is 4.45. The van der Waals surface area contributed by atoms with Crippen molar-refractivity contribution < 1.29 is 4.39 Å². The fourth-order valence-corrected chi connectivity index (χ4v) is 3.25. The molecular weight excluding hydrogens is 307 g/mol. The second kappa shape index (κ2) is 7.36. The van der Waals surface area contributed by atoms with E-state index in [0.29, 0.717) is 12.6 Å². The Bertz CT molecular complexity index is 572. The van der Waals surface area contributed by atoms with Crippen LogP contribution in [-0.4, -0.2) is 17.5 Å². The molecule has 2 nitrogen and oxygen atoms in total. The molecule has 1 heterocycles. The average Bonchev–Trinajstić information content (AvgIpc) is 2.95. The molecule has 0 aliphatic rings. The van der Waals surface area contributed by atoms with Gasteiger partial charge in [-0.3, -0.25) is 4.90 Å². The molecule has 0 saturated heterocycles. The molecule has 2 aromatic rings. The molecule has 5 heteroatoms. The molecule has 1 aromatic carbocycles. The van der Waals surface area contributed by atoms with E-state index in [-0.39, 0.29) is 11.1 Å². The molecule has 2 rings (SSSR count). The van der Waals surface area contributed by atoms with Gasteiger partial charge in [0, 0.05) is 30.1 Å². The maximum atomic E-state index is 13.7. The molecule has 21 heavy (non-hydrogen) atoms. The molecule has 0 saturated carbocycles. The van der Waals surface area contributed by atoms with Crippen molar-refractivity contribution in [2.45, 2.75) is 32.5 Å². The van der Waals surface area contributed by atoms with Gasteiger partial charge in [-0.25, -0.2) is 4.39 Å². The lowest BCUT2D eigenvalue weighted by atomic mass is 10.0. The normalized spacial score (nSPS) is 13.1. The van der Waals surface area contributed by atoms with Crippen LogP contribution in [-0.2, 0) is 6.54 Å². The number of nitrogens with zero attached hydrogens (tertiary/aromatic N) is 1. The number of hydrogen-bond acceptors (Lipinski definition) is 3. The van der Waals surface area contributed by atoms with Gasteiger partial charge in [0.25, 0.3) is 0 Å². The van der Waals surface area contributed by atoms with Crippen LogP contribution >= 0.6 is 22.9 Å². The Labute approximate surface area is 134 Å². The van der Waals surface area contributed by atoms with Crippen LogP contribution < -0.4 is 5.73 Å². The first-order valence-electron chi connectivity index (χ1n) is 6.96. The van der Waals surface area contributed by atoms with E-state index < -0.39 is 5.82 Å². The number of nitrogens with two attached hydrogens (primary N) is 1. The van der Waals surface area contributed by atoms with E-state index in [1.807, 2.05) is 12.1 Å². The molecule has 0 amide bonds. The molecule has 0 bridgehead atoms. The van der Waals surface area contributed by atoms with E-state index in [4.69, 9.17) is 17.3 Å². The molecule has 2 N–H and O–H groups in total. The van der Waals surface area contributed by atoms with Crippen LogP contribution in [0.4, 0.5) is 4.39 Å². The van der Waals surface area contributed by atoms with Crippen LogP contribution in [0.3, 0.4) is 0 Å². The zero-order valence-corrected chi connectivity index (χ0v) is 13.8. The number of hydrogen-bond donors (Lipinski definition) is 1. The van der Waals surface area contributed by atoms with Gasteiger partial charge < -0.3 is 5.73 Å². The summed E-state index contributed by atoms with van der Waals surface area (Å²) in [5, 5.41) is 2.21. The van der Waals surface area contributed by atoms with Crippen LogP contribution in [0.5, 0.6) is 0 Å². The highest BCUT2D eigenvalue weighted by molar-refractivity contribution is 7.09. The van der Waals surface area contributed by atoms with Crippen molar-refractivity contribution in [3.8, 4) is 0 Å². The zero-order chi connectivity index (χ0) is 15.4. The Morgan fingerprint density at radius 1 is 1.33 bits per heavy atom. The van der Waals surface area contributed by atoms with Crippen LogP contribution in [0.15, 0.2) is 35.7 Å². The molecule has 0 radical (unpaired) electrons. The monoisotopic (exact) mass is 326 g/mol. The van der Waals surface area contributed by atoms with Crippen molar-refractivity contribution in [3.63, 3.8) is 0 Å². The van der Waals surface area contributed by atoms with Gasteiger partial charge in [0.1, 0.15) is 5.82 Å². The third-order valence-electron chi connectivity index (χ3n) is 3.53. The highest BCUT2D eigenvalue weighted by Gasteiger charge is 2.23. The van der Waals surface area contributed by atoms with Gasteiger partial charge >= 0.3 is 0 Å². The SMILES string of the molecule is CC(C)N(Cc1cccs1)C(CN)c1ccc(Cl)c(F)c1. The molecule has 1 aromatic heterocycles. The van der Waals surface area contributed by atoms with E-state index >= 15 is 0 Å². The van der Waals surface area contributed by atoms with E-state index in [0.717, 1.165) is 12.1 Å². The molecule has 114 valence electrons.